The van der Waals surface area contributed by atoms with Crippen LogP contribution in [-0.4, -0.2) is 88.1 Å². The number of carbonyl (C=O) groups excluding carboxylic acids is 2. The number of rotatable bonds is 16. The number of halogens is 1. The number of hydrogen-bond acceptors (Lipinski definition) is 11. The Morgan fingerprint density at radius 3 is 2.09 bits per heavy atom. The lowest BCUT2D eigenvalue weighted by molar-refractivity contribution is -0.150. The third kappa shape index (κ3) is 10.0. The lowest BCUT2D eigenvalue weighted by atomic mass is 10.0. The molecular weight excluding hydrogens is 839 g/mol. The van der Waals surface area contributed by atoms with E-state index in [-0.39, 0.29) is 49.8 Å². The zero-order chi connectivity index (χ0) is 44.6. The van der Waals surface area contributed by atoms with Gasteiger partial charge in [0.05, 0.1) is 30.1 Å². The monoisotopic (exact) mass is 886 g/mol. The van der Waals surface area contributed by atoms with Crippen molar-refractivity contribution in [3.8, 4) is 23.1 Å². The lowest BCUT2D eigenvalue weighted by Gasteiger charge is -2.34. The van der Waals surface area contributed by atoms with E-state index >= 15 is 0 Å². The first-order valence-electron chi connectivity index (χ1n) is 21.1. The smallest absolute Gasteiger partial charge is 0.415 e. The fourth-order valence-electron chi connectivity index (χ4n) is 7.68. The van der Waals surface area contributed by atoms with Gasteiger partial charge >= 0.3 is 19.7 Å². The number of aromatic hydroxyl groups is 1. The number of amides is 1. The zero-order valence-corrected chi connectivity index (χ0v) is 36.3. The quantitative estimate of drug-likeness (QED) is 0.0733. The van der Waals surface area contributed by atoms with Crippen molar-refractivity contribution in [2.75, 3.05) is 45.5 Å². The second kappa shape index (κ2) is 19.8. The normalized spacial score (nSPS) is 14.6. The van der Waals surface area contributed by atoms with Crippen LogP contribution in [0.15, 0.2) is 140 Å². The third-order valence-electron chi connectivity index (χ3n) is 10.9. The van der Waals surface area contributed by atoms with Gasteiger partial charge in [-0.2, -0.15) is 0 Å². The van der Waals surface area contributed by atoms with E-state index in [2.05, 4.69) is 0 Å². The number of piperazine rings is 1. The van der Waals surface area contributed by atoms with Crippen LogP contribution >= 0.6 is 7.60 Å². The molecule has 7 aromatic rings. The van der Waals surface area contributed by atoms with E-state index < -0.39 is 31.9 Å². The zero-order valence-electron chi connectivity index (χ0n) is 35.4. The highest BCUT2D eigenvalue weighted by molar-refractivity contribution is 7.54. The van der Waals surface area contributed by atoms with Crippen LogP contribution < -0.4 is 14.0 Å². The van der Waals surface area contributed by atoms with Crippen molar-refractivity contribution in [1.29, 1.82) is 0 Å². The SMILES string of the molecule is CCOC(=O)[C@@H](C)OP(=O)(CCN1CCN(C(=O)Oc2c3cccnc3c(OC(c3ccccc3)c3ccccc3)c3c(O)n(Cc4ccc(F)cc4)cc23)CC1)Oc1ccccc1. The number of carbonyl (C=O) groups is 2. The summed E-state index contributed by atoms with van der Waals surface area (Å²) in [6.45, 7) is 5.21. The number of para-hydroxylation sites is 1. The van der Waals surface area contributed by atoms with Gasteiger partial charge in [0.15, 0.2) is 17.6 Å². The molecule has 2 aromatic heterocycles. The number of benzene rings is 5. The third-order valence-corrected chi connectivity index (χ3v) is 12.8. The van der Waals surface area contributed by atoms with Crippen LogP contribution in [0.1, 0.15) is 36.6 Å². The van der Waals surface area contributed by atoms with Gasteiger partial charge in [0.1, 0.15) is 23.2 Å². The van der Waals surface area contributed by atoms with Gasteiger partial charge in [0, 0.05) is 50.5 Å². The second-order valence-electron chi connectivity index (χ2n) is 15.3. The molecule has 1 aliphatic rings. The molecule has 0 spiro atoms. The molecule has 1 amide bonds. The van der Waals surface area contributed by atoms with Crippen LogP contribution in [0.2, 0.25) is 0 Å². The van der Waals surface area contributed by atoms with Crippen molar-refractivity contribution in [2.45, 2.75) is 32.6 Å². The highest BCUT2D eigenvalue weighted by Crippen LogP contribution is 2.50. The Morgan fingerprint density at radius 2 is 1.45 bits per heavy atom. The lowest BCUT2D eigenvalue weighted by Crippen LogP contribution is -2.50. The molecular formula is C49H48FN4O9P. The Bertz CT molecular complexity index is 2710. The molecule has 0 radical (unpaired) electrons. The van der Waals surface area contributed by atoms with Gasteiger partial charge in [0.25, 0.3) is 0 Å². The summed E-state index contributed by atoms with van der Waals surface area (Å²) in [5.74, 6) is -0.347. The van der Waals surface area contributed by atoms with Gasteiger partial charge in [-0.3, -0.25) is 14.4 Å². The van der Waals surface area contributed by atoms with Crippen LogP contribution in [0.3, 0.4) is 0 Å². The number of hydrogen-bond donors (Lipinski definition) is 1. The van der Waals surface area contributed by atoms with Crippen molar-refractivity contribution >= 4 is 41.3 Å². The fraction of sp³-hybridized carbons (Fsp3) is 0.245. The molecule has 1 fully saturated rings. The Balaban J connectivity index is 1.07. The van der Waals surface area contributed by atoms with Crippen molar-refractivity contribution < 1.29 is 46.9 Å². The maximum Gasteiger partial charge on any atom is 0.415 e. The number of pyridine rings is 1. The fourth-order valence-corrected chi connectivity index (χ4v) is 9.46. The summed E-state index contributed by atoms with van der Waals surface area (Å²) in [6, 6.07) is 37.6. The molecule has 3 heterocycles. The van der Waals surface area contributed by atoms with E-state index in [0.29, 0.717) is 52.8 Å². The Morgan fingerprint density at radius 1 is 0.812 bits per heavy atom. The average molecular weight is 887 g/mol. The number of fused-ring (bicyclic) bond motifs is 2. The molecule has 0 aliphatic carbocycles. The first-order chi connectivity index (χ1) is 31.1. The summed E-state index contributed by atoms with van der Waals surface area (Å²) in [7, 11) is -3.85. The molecule has 8 rings (SSSR count). The largest absolute Gasteiger partial charge is 0.494 e. The highest BCUT2D eigenvalue weighted by Gasteiger charge is 2.35. The highest BCUT2D eigenvalue weighted by atomic mass is 31.2. The van der Waals surface area contributed by atoms with Gasteiger partial charge in [-0.05, 0) is 66.9 Å². The van der Waals surface area contributed by atoms with Crippen molar-refractivity contribution in [1.82, 2.24) is 19.4 Å². The first-order valence-corrected chi connectivity index (χ1v) is 22.8. The number of ether oxygens (including phenoxy) is 3. The van der Waals surface area contributed by atoms with Gasteiger partial charge in [-0.25, -0.2) is 18.5 Å². The van der Waals surface area contributed by atoms with Crippen molar-refractivity contribution in [3.05, 3.63) is 162 Å². The van der Waals surface area contributed by atoms with Crippen LogP contribution in [0.5, 0.6) is 23.1 Å². The molecule has 0 bridgehead atoms. The van der Waals surface area contributed by atoms with Crippen LogP contribution in [0.25, 0.3) is 21.7 Å². The average Bonchev–Trinajstić information content (AvgIpc) is 3.64. The van der Waals surface area contributed by atoms with Crippen molar-refractivity contribution in [3.63, 3.8) is 0 Å². The van der Waals surface area contributed by atoms with Gasteiger partial charge < -0.3 is 33.3 Å². The summed E-state index contributed by atoms with van der Waals surface area (Å²) < 4.78 is 59.6. The van der Waals surface area contributed by atoms with Crippen LogP contribution in [0.4, 0.5) is 9.18 Å². The molecule has 15 heteroatoms. The number of esters is 1. The molecule has 1 unspecified atom stereocenters. The van der Waals surface area contributed by atoms with Crippen LogP contribution in [0, 0.1) is 5.82 Å². The second-order valence-corrected chi connectivity index (χ2v) is 17.4. The molecule has 5 aromatic carbocycles. The molecule has 330 valence electrons. The van der Waals surface area contributed by atoms with E-state index in [1.54, 1.807) is 83.4 Å². The predicted octanol–water partition coefficient (Wildman–Crippen LogP) is 9.61. The van der Waals surface area contributed by atoms with Gasteiger partial charge in [0.2, 0.25) is 5.88 Å². The summed E-state index contributed by atoms with van der Waals surface area (Å²) >= 11 is 0. The molecule has 64 heavy (non-hydrogen) atoms. The molecule has 2 atom stereocenters. The topological polar surface area (TPSA) is 142 Å². The standard InChI is InChI=1S/C49H48FN4O9P/c1-3-59-48(56)34(2)62-64(58,63-39-18-11-6-12-19-39)31-30-52-26-28-53(29-27-52)49(57)61-45-40-20-13-25-51-43(40)46(60-44(36-14-7-4-8-15-36)37-16-9-5-10-17-37)42-41(45)33-54(47(42)55)32-35-21-23-38(50)24-22-35/h4-25,33-34,44,55H,3,26-32H2,1-2H3/t34-,64?/m1/s1. The Labute approximate surface area is 370 Å². The predicted molar refractivity (Wildman–Crippen MR) is 241 cm³/mol. The van der Waals surface area contributed by atoms with Crippen LogP contribution in [-0.2, 0) is 25.2 Å². The van der Waals surface area contributed by atoms with E-state index in [4.69, 9.17) is 28.2 Å². The molecule has 1 aliphatic heterocycles. The Kier molecular flexibility index (Phi) is 13.6. The number of aromatic nitrogens is 2. The first kappa shape index (κ1) is 43.9. The van der Waals surface area contributed by atoms with E-state index in [0.717, 1.165) is 16.7 Å². The maximum absolute atomic E-state index is 14.2. The van der Waals surface area contributed by atoms with E-state index in [1.165, 1.54) is 19.1 Å². The van der Waals surface area contributed by atoms with Gasteiger partial charge in [-0.1, -0.05) is 91.0 Å². The number of nitrogens with zero attached hydrogens (tertiary/aromatic N) is 4. The minimum absolute atomic E-state index is 0.0186. The maximum atomic E-state index is 14.2. The summed E-state index contributed by atoms with van der Waals surface area (Å²) in [5, 5.41) is 13.3. The molecule has 13 nitrogen and oxygen atoms in total. The molecule has 1 N–H and O–H groups in total. The Hall–Kier alpha value is -6.73. The summed E-state index contributed by atoms with van der Waals surface area (Å²) in [4.78, 5) is 34.9. The minimum Gasteiger partial charge on any atom is -0.494 e. The molecule has 1 saturated heterocycles. The minimum atomic E-state index is -3.85. The summed E-state index contributed by atoms with van der Waals surface area (Å²) in [6.07, 6.45) is 0.970. The van der Waals surface area contributed by atoms with Gasteiger partial charge in [-0.15, -0.1) is 0 Å². The van der Waals surface area contributed by atoms with Crippen molar-refractivity contribution in [2.24, 2.45) is 0 Å². The summed E-state index contributed by atoms with van der Waals surface area (Å²) in [5.41, 5.74) is 2.84. The van der Waals surface area contributed by atoms with E-state index in [1.807, 2.05) is 65.6 Å². The molecule has 0 saturated carbocycles. The van der Waals surface area contributed by atoms with E-state index in [9.17, 15) is 23.7 Å².